The van der Waals surface area contributed by atoms with Crippen molar-refractivity contribution < 1.29 is 13.2 Å². The summed E-state index contributed by atoms with van der Waals surface area (Å²) in [7, 11) is 0. The first-order chi connectivity index (χ1) is 18.5. The molecule has 0 N–H and O–H groups in total. The van der Waals surface area contributed by atoms with Gasteiger partial charge in [0, 0.05) is 25.7 Å². The molecule has 1 heterocycles. The van der Waals surface area contributed by atoms with Gasteiger partial charge in [0.1, 0.15) is 5.82 Å². The standard InChI is InChI=1S/C34H25F3S/c1-2-3-4-5-6-21-7-9-22(10-8-21)11-12-23-13-24-19-33-28(14-25(24)16-30(23)35)29-15-26-17-31(36)32(37)18-27(26)20-34(29)38-33/h7-10,13-20H,2-6H2,1H3. The van der Waals surface area contributed by atoms with Crippen LogP contribution in [0.3, 0.4) is 0 Å². The summed E-state index contributed by atoms with van der Waals surface area (Å²) in [6.45, 7) is 2.21. The molecule has 0 nitrogen and oxygen atoms in total. The highest BCUT2D eigenvalue weighted by atomic mass is 32.1. The van der Waals surface area contributed by atoms with Crippen LogP contribution < -0.4 is 0 Å². The number of thiophene rings is 1. The molecule has 0 bridgehead atoms. The number of hydrogen-bond acceptors (Lipinski definition) is 1. The summed E-state index contributed by atoms with van der Waals surface area (Å²) >= 11 is 1.59. The lowest BCUT2D eigenvalue weighted by Gasteiger charge is -2.03. The molecule has 0 fully saturated rings. The maximum atomic E-state index is 15.0. The predicted octanol–water partition coefficient (Wildman–Crippen LogP) is 10.3. The quantitative estimate of drug-likeness (QED) is 0.156. The van der Waals surface area contributed by atoms with Crippen LogP contribution in [0.4, 0.5) is 13.2 Å². The monoisotopic (exact) mass is 522 g/mol. The predicted molar refractivity (Wildman–Crippen MR) is 154 cm³/mol. The van der Waals surface area contributed by atoms with Crippen molar-refractivity contribution in [2.45, 2.75) is 39.0 Å². The van der Waals surface area contributed by atoms with E-state index in [1.807, 2.05) is 36.4 Å². The van der Waals surface area contributed by atoms with Crippen molar-refractivity contribution >= 4 is 53.1 Å². The molecule has 0 radical (unpaired) electrons. The summed E-state index contributed by atoms with van der Waals surface area (Å²) in [5.41, 5.74) is 2.53. The van der Waals surface area contributed by atoms with Gasteiger partial charge >= 0.3 is 0 Å². The summed E-state index contributed by atoms with van der Waals surface area (Å²) in [4.78, 5) is 0. The normalized spacial score (nSPS) is 11.5. The largest absolute Gasteiger partial charge is 0.206 e. The van der Waals surface area contributed by atoms with E-state index in [9.17, 15) is 8.78 Å². The van der Waals surface area contributed by atoms with Gasteiger partial charge in [-0.2, -0.15) is 0 Å². The van der Waals surface area contributed by atoms with Crippen LogP contribution in [0, 0.1) is 29.3 Å². The van der Waals surface area contributed by atoms with Crippen molar-refractivity contribution in [3.05, 3.63) is 107 Å². The Morgan fingerprint density at radius 3 is 1.82 bits per heavy atom. The molecule has 0 saturated carbocycles. The Labute approximate surface area is 223 Å². The van der Waals surface area contributed by atoms with Crippen LogP contribution in [-0.4, -0.2) is 0 Å². The minimum absolute atomic E-state index is 0.360. The van der Waals surface area contributed by atoms with Gasteiger partial charge in [-0.05, 0) is 101 Å². The molecule has 0 amide bonds. The van der Waals surface area contributed by atoms with Crippen LogP contribution in [0.15, 0.2) is 72.8 Å². The van der Waals surface area contributed by atoms with E-state index < -0.39 is 11.6 Å². The van der Waals surface area contributed by atoms with Crippen molar-refractivity contribution in [1.82, 2.24) is 0 Å². The molecule has 4 heteroatoms. The number of rotatable bonds is 5. The fourth-order valence-corrected chi connectivity index (χ4v) is 6.19. The summed E-state index contributed by atoms with van der Waals surface area (Å²) in [6.07, 6.45) is 6.03. The molecule has 38 heavy (non-hydrogen) atoms. The molecule has 0 aliphatic rings. The van der Waals surface area contributed by atoms with Crippen LogP contribution in [0.2, 0.25) is 0 Å². The molecule has 1 aromatic heterocycles. The van der Waals surface area contributed by atoms with E-state index in [4.69, 9.17) is 0 Å². The maximum Gasteiger partial charge on any atom is 0.159 e. The zero-order valence-corrected chi connectivity index (χ0v) is 21.8. The van der Waals surface area contributed by atoms with Gasteiger partial charge in [0.2, 0.25) is 0 Å². The van der Waals surface area contributed by atoms with Crippen LogP contribution in [0.1, 0.15) is 49.3 Å². The lowest BCUT2D eigenvalue weighted by Crippen LogP contribution is -1.87. The van der Waals surface area contributed by atoms with Gasteiger partial charge in [-0.25, -0.2) is 13.2 Å². The molecule has 188 valence electrons. The number of fused-ring (bicyclic) bond motifs is 5. The molecular formula is C34H25F3S. The van der Waals surface area contributed by atoms with Crippen LogP contribution in [0.25, 0.3) is 41.7 Å². The number of benzene rings is 5. The molecule has 6 aromatic rings. The Hall–Kier alpha value is -3.81. The first-order valence-electron chi connectivity index (χ1n) is 13.0. The molecule has 6 rings (SSSR count). The zero-order chi connectivity index (χ0) is 26.2. The molecular weight excluding hydrogens is 497 g/mol. The minimum Gasteiger partial charge on any atom is -0.206 e. The van der Waals surface area contributed by atoms with E-state index in [0.717, 1.165) is 42.9 Å². The van der Waals surface area contributed by atoms with Gasteiger partial charge in [0.05, 0.1) is 5.56 Å². The molecule has 0 atom stereocenters. The topological polar surface area (TPSA) is 0 Å². The highest BCUT2D eigenvalue weighted by Gasteiger charge is 2.12. The van der Waals surface area contributed by atoms with E-state index >= 15 is 4.39 Å². The molecule has 0 unspecified atom stereocenters. The van der Waals surface area contributed by atoms with Gasteiger partial charge in [0.25, 0.3) is 0 Å². The van der Waals surface area contributed by atoms with Crippen molar-refractivity contribution in [2.24, 2.45) is 0 Å². The second-order valence-electron chi connectivity index (χ2n) is 9.85. The van der Waals surface area contributed by atoms with Crippen molar-refractivity contribution in [1.29, 1.82) is 0 Å². The second kappa shape index (κ2) is 10.2. The van der Waals surface area contributed by atoms with E-state index in [0.29, 0.717) is 16.3 Å². The smallest absolute Gasteiger partial charge is 0.159 e. The third-order valence-electron chi connectivity index (χ3n) is 7.13. The Balaban J connectivity index is 1.33. The number of aryl methyl sites for hydroxylation is 1. The van der Waals surface area contributed by atoms with Crippen LogP contribution in [-0.2, 0) is 6.42 Å². The third-order valence-corrected chi connectivity index (χ3v) is 8.24. The molecule has 0 aliphatic heterocycles. The Morgan fingerprint density at radius 1 is 0.605 bits per heavy atom. The van der Waals surface area contributed by atoms with Gasteiger partial charge in [-0.15, -0.1) is 11.3 Å². The lowest BCUT2D eigenvalue weighted by atomic mass is 10.0. The van der Waals surface area contributed by atoms with Crippen LogP contribution in [0.5, 0.6) is 0 Å². The average molecular weight is 523 g/mol. The SMILES string of the molecule is CCCCCCc1ccc(C#Cc2cc3cc4sc5cc6cc(F)c(F)cc6cc5c4cc3cc2F)cc1. The van der Waals surface area contributed by atoms with Gasteiger partial charge < -0.3 is 0 Å². The van der Waals surface area contributed by atoms with Crippen molar-refractivity contribution in [3.8, 4) is 11.8 Å². The summed E-state index contributed by atoms with van der Waals surface area (Å²) in [6, 6.07) is 21.8. The van der Waals surface area contributed by atoms with Gasteiger partial charge in [-0.3, -0.25) is 0 Å². The molecule has 5 aromatic carbocycles. The van der Waals surface area contributed by atoms with Crippen molar-refractivity contribution in [2.75, 3.05) is 0 Å². The Morgan fingerprint density at radius 2 is 1.18 bits per heavy atom. The second-order valence-corrected chi connectivity index (χ2v) is 10.9. The Kier molecular flexibility index (Phi) is 6.55. The van der Waals surface area contributed by atoms with Crippen molar-refractivity contribution in [3.63, 3.8) is 0 Å². The van der Waals surface area contributed by atoms with E-state index in [1.165, 1.54) is 49.4 Å². The number of unbranched alkanes of at least 4 members (excludes halogenated alkanes) is 3. The van der Waals surface area contributed by atoms with E-state index in [-0.39, 0.29) is 5.82 Å². The average Bonchev–Trinajstić information content (AvgIpc) is 3.25. The van der Waals surface area contributed by atoms with Gasteiger partial charge in [-0.1, -0.05) is 50.2 Å². The number of hydrogen-bond donors (Lipinski definition) is 0. The lowest BCUT2D eigenvalue weighted by molar-refractivity contribution is 0.511. The van der Waals surface area contributed by atoms with Gasteiger partial charge in [0.15, 0.2) is 11.6 Å². The fourth-order valence-electron chi connectivity index (χ4n) is 5.03. The molecule has 0 saturated heterocycles. The number of halogens is 3. The highest BCUT2D eigenvalue weighted by molar-refractivity contribution is 7.26. The first kappa shape index (κ1) is 24.5. The highest BCUT2D eigenvalue weighted by Crippen LogP contribution is 2.39. The zero-order valence-electron chi connectivity index (χ0n) is 21.0. The first-order valence-corrected chi connectivity index (χ1v) is 13.8. The summed E-state index contributed by atoms with van der Waals surface area (Å²) in [5, 5.41) is 4.88. The maximum absolute atomic E-state index is 15.0. The van der Waals surface area contributed by atoms with Crippen LogP contribution >= 0.6 is 11.3 Å². The third kappa shape index (κ3) is 4.75. The molecule has 0 spiro atoms. The summed E-state index contributed by atoms with van der Waals surface area (Å²) < 4.78 is 44.6. The Bertz CT molecular complexity index is 1890. The fraction of sp³-hybridized carbons (Fsp3) is 0.176. The van der Waals surface area contributed by atoms with E-state index in [1.54, 1.807) is 17.4 Å². The molecule has 0 aliphatic carbocycles. The minimum atomic E-state index is -0.865. The summed E-state index contributed by atoms with van der Waals surface area (Å²) in [5.74, 6) is 4.04. The van der Waals surface area contributed by atoms with E-state index in [2.05, 4.69) is 30.9 Å².